The number of aromatic hydroxyl groups is 1. The number of amides is 1. The van der Waals surface area contributed by atoms with Crippen LogP contribution in [-0.2, 0) is 6.54 Å². The van der Waals surface area contributed by atoms with Crippen molar-refractivity contribution in [2.75, 3.05) is 7.05 Å². The van der Waals surface area contributed by atoms with Gasteiger partial charge in [0, 0.05) is 24.7 Å². The van der Waals surface area contributed by atoms with E-state index in [9.17, 15) is 9.90 Å². The topological polar surface area (TPSA) is 66.6 Å². The fraction of sp³-hybridized carbons (Fsp3) is 0.0833. The maximum atomic E-state index is 13.1. The monoisotopic (exact) mass is 384 g/mol. The quantitative estimate of drug-likeness (QED) is 0.527. The first kappa shape index (κ1) is 18.5. The third-order valence-corrected chi connectivity index (χ3v) is 4.65. The van der Waals surface area contributed by atoms with Gasteiger partial charge < -0.3 is 14.4 Å². The Bertz CT molecular complexity index is 1120. The first-order valence-electron chi connectivity index (χ1n) is 9.26. The van der Waals surface area contributed by atoms with Crippen molar-refractivity contribution in [1.82, 2.24) is 9.88 Å². The first-order valence-corrected chi connectivity index (χ1v) is 9.26. The van der Waals surface area contributed by atoms with E-state index in [1.54, 1.807) is 48.5 Å². The predicted molar refractivity (Wildman–Crippen MR) is 111 cm³/mol. The van der Waals surface area contributed by atoms with E-state index in [1.165, 1.54) is 0 Å². The van der Waals surface area contributed by atoms with Gasteiger partial charge >= 0.3 is 0 Å². The van der Waals surface area contributed by atoms with Crippen LogP contribution in [0.15, 0.2) is 89.5 Å². The van der Waals surface area contributed by atoms with Gasteiger partial charge in [-0.15, -0.1) is 0 Å². The highest BCUT2D eigenvalue weighted by molar-refractivity contribution is 5.99. The highest BCUT2D eigenvalue weighted by Crippen LogP contribution is 2.29. The molecule has 3 aromatic carbocycles. The molecule has 29 heavy (non-hydrogen) atoms. The molecule has 0 unspecified atom stereocenters. The van der Waals surface area contributed by atoms with Crippen LogP contribution in [0.5, 0.6) is 5.75 Å². The van der Waals surface area contributed by atoms with Crippen LogP contribution in [0.1, 0.15) is 15.9 Å². The molecule has 0 spiro atoms. The normalized spacial score (nSPS) is 10.7. The second-order valence-corrected chi connectivity index (χ2v) is 6.77. The molecule has 1 amide bonds. The number of carbonyl (C=O) groups excluding carboxylic acids is 1. The number of aromatic nitrogens is 1. The molecule has 0 aliphatic carbocycles. The standard InChI is InChI=1S/C24H20N2O3/c1-26(16-17-11-13-19(27)14-12-17)24(28)21-10-6-5-9-20(21)23-25-15-22(29-23)18-7-3-2-4-8-18/h2-15,27H,16H2,1H3. The van der Waals surface area contributed by atoms with Crippen molar-refractivity contribution in [2.24, 2.45) is 0 Å². The van der Waals surface area contributed by atoms with Gasteiger partial charge in [0.25, 0.3) is 5.91 Å². The van der Waals surface area contributed by atoms with Gasteiger partial charge in [-0.2, -0.15) is 0 Å². The van der Waals surface area contributed by atoms with Crippen molar-refractivity contribution in [3.05, 3.63) is 96.2 Å². The number of phenolic OH excluding ortho intramolecular Hbond substituents is 1. The second kappa shape index (κ2) is 8.02. The molecule has 0 aliphatic rings. The van der Waals surface area contributed by atoms with E-state index < -0.39 is 0 Å². The zero-order valence-corrected chi connectivity index (χ0v) is 15.9. The lowest BCUT2D eigenvalue weighted by Crippen LogP contribution is -2.26. The highest BCUT2D eigenvalue weighted by atomic mass is 16.4. The predicted octanol–water partition coefficient (Wildman–Crippen LogP) is 4.99. The van der Waals surface area contributed by atoms with E-state index in [0.29, 0.717) is 29.3 Å². The van der Waals surface area contributed by atoms with Gasteiger partial charge in [-0.1, -0.05) is 54.6 Å². The number of oxazole rings is 1. The molecule has 0 saturated carbocycles. The summed E-state index contributed by atoms with van der Waals surface area (Å²) < 4.78 is 5.95. The van der Waals surface area contributed by atoms with Crippen LogP contribution >= 0.6 is 0 Å². The molecule has 144 valence electrons. The Hall–Kier alpha value is -3.86. The Balaban J connectivity index is 1.60. The second-order valence-electron chi connectivity index (χ2n) is 6.77. The maximum absolute atomic E-state index is 13.1. The fourth-order valence-electron chi connectivity index (χ4n) is 3.14. The minimum atomic E-state index is -0.131. The lowest BCUT2D eigenvalue weighted by Gasteiger charge is -2.18. The number of carbonyl (C=O) groups is 1. The van der Waals surface area contributed by atoms with Crippen LogP contribution in [0.4, 0.5) is 0 Å². The first-order chi connectivity index (χ1) is 14.1. The van der Waals surface area contributed by atoms with Crippen molar-refractivity contribution in [3.8, 4) is 28.5 Å². The van der Waals surface area contributed by atoms with Crippen LogP contribution in [0.25, 0.3) is 22.8 Å². The van der Waals surface area contributed by atoms with Crippen molar-refractivity contribution in [2.45, 2.75) is 6.54 Å². The lowest BCUT2D eigenvalue weighted by atomic mass is 10.1. The summed E-state index contributed by atoms with van der Waals surface area (Å²) in [5, 5.41) is 9.43. The molecular weight excluding hydrogens is 364 g/mol. The summed E-state index contributed by atoms with van der Waals surface area (Å²) in [6.45, 7) is 0.425. The maximum Gasteiger partial charge on any atom is 0.254 e. The Morgan fingerprint density at radius 3 is 2.41 bits per heavy atom. The molecule has 1 aromatic heterocycles. The number of hydrogen-bond donors (Lipinski definition) is 1. The van der Waals surface area contributed by atoms with Gasteiger partial charge in [0.2, 0.25) is 5.89 Å². The molecule has 0 bridgehead atoms. The summed E-state index contributed by atoms with van der Waals surface area (Å²) >= 11 is 0. The molecule has 0 atom stereocenters. The van der Waals surface area contributed by atoms with E-state index in [0.717, 1.165) is 11.1 Å². The summed E-state index contributed by atoms with van der Waals surface area (Å²) in [6.07, 6.45) is 1.67. The highest BCUT2D eigenvalue weighted by Gasteiger charge is 2.20. The van der Waals surface area contributed by atoms with Gasteiger partial charge in [0.05, 0.1) is 11.8 Å². The average molecular weight is 384 g/mol. The van der Waals surface area contributed by atoms with Crippen LogP contribution in [-0.4, -0.2) is 27.9 Å². The summed E-state index contributed by atoms with van der Waals surface area (Å²) in [5.74, 6) is 1.13. The van der Waals surface area contributed by atoms with Crippen molar-refractivity contribution in [1.29, 1.82) is 0 Å². The lowest BCUT2D eigenvalue weighted by molar-refractivity contribution is 0.0785. The smallest absolute Gasteiger partial charge is 0.254 e. The summed E-state index contributed by atoms with van der Waals surface area (Å²) in [7, 11) is 1.75. The number of benzene rings is 3. The Kier molecular flexibility index (Phi) is 5.12. The Labute approximate surface area is 168 Å². The van der Waals surface area contributed by atoms with Gasteiger partial charge in [-0.3, -0.25) is 4.79 Å². The van der Waals surface area contributed by atoms with Crippen LogP contribution in [0, 0.1) is 0 Å². The summed E-state index contributed by atoms with van der Waals surface area (Å²) in [4.78, 5) is 19.1. The van der Waals surface area contributed by atoms with Gasteiger partial charge in [0.15, 0.2) is 5.76 Å². The van der Waals surface area contributed by atoms with Crippen LogP contribution in [0.2, 0.25) is 0 Å². The SMILES string of the molecule is CN(Cc1ccc(O)cc1)C(=O)c1ccccc1-c1ncc(-c2ccccc2)o1. The van der Waals surface area contributed by atoms with Crippen molar-refractivity contribution < 1.29 is 14.3 Å². The van der Waals surface area contributed by atoms with E-state index in [-0.39, 0.29) is 11.7 Å². The molecule has 1 heterocycles. The zero-order chi connectivity index (χ0) is 20.2. The molecule has 0 saturated heterocycles. The Morgan fingerprint density at radius 2 is 1.66 bits per heavy atom. The molecule has 0 aliphatic heterocycles. The minimum absolute atomic E-state index is 0.131. The Morgan fingerprint density at radius 1 is 0.966 bits per heavy atom. The van der Waals surface area contributed by atoms with E-state index >= 15 is 0 Å². The van der Waals surface area contributed by atoms with Crippen LogP contribution < -0.4 is 0 Å². The average Bonchev–Trinajstić information content (AvgIpc) is 3.25. The third kappa shape index (κ3) is 4.04. The molecule has 5 nitrogen and oxygen atoms in total. The molecule has 1 N–H and O–H groups in total. The number of nitrogens with zero attached hydrogens (tertiary/aromatic N) is 2. The van der Waals surface area contributed by atoms with Gasteiger partial charge in [0.1, 0.15) is 5.75 Å². The number of rotatable bonds is 5. The molecule has 4 aromatic rings. The number of hydrogen-bond acceptors (Lipinski definition) is 4. The summed E-state index contributed by atoms with van der Waals surface area (Å²) in [5.41, 5.74) is 3.03. The zero-order valence-electron chi connectivity index (χ0n) is 15.9. The van der Waals surface area contributed by atoms with Crippen molar-refractivity contribution in [3.63, 3.8) is 0 Å². The fourth-order valence-corrected chi connectivity index (χ4v) is 3.14. The van der Waals surface area contributed by atoms with Crippen LogP contribution in [0.3, 0.4) is 0 Å². The van der Waals surface area contributed by atoms with E-state index in [2.05, 4.69) is 4.98 Å². The van der Waals surface area contributed by atoms with E-state index in [4.69, 9.17) is 4.42 Å². The van der Waals surface area contributed by atoms with Crippen molar-refractivity contribution >= 4 is 5.91 Å². The molecular formula is C24H20N2O3. The summed E-state index contributed by atoms with van der Waals surface area (Å²) in [6, 6.07) is 23.8. The molecule has 0 fully saturated rings. The number of phenols is 1. The third-order valence-electron chi connectivity index (χ3n) is 4.65. The molecule has 0 radical (unpaired) electrons. The molecule has 4 rings (SSSR count). The van der Waals surface area contributed by atoms with Gasteiger partial charge in [-0.25, -0.2) is 4.98 Å². The molecule has 5 heteroatoms. The minimum Gasteiger partial charge on any atom is -0.508 e. The largest absolute Gasteiger partial charge is 0.508 e. The van der Waals surface area contributed by atoms with Gasteiger partial charge in [-0.05, 0) is 29.8 Å². The van der Waals surface area contributed by atoms with E-state index in [1.807, 2.05) is 48.5 Å².